The maximum Gasteiger partial charge on any atom is 0.336 e. The smallest absolute Gasteiger partial charge is 0.336 e. The minimum Gasteiger partial charge on any atom is -0.478 e. The standard InChI is InChI=1S/C13H22N2O2S/c1-4-15(5-2)8-10(3)14-7-12-6-11(9-18-12)13(16)17/h6,9-10,14H,4-5,7-8H2,1-3H3,(H,16,17). The number of hydrogen-bond acceptors (Lipinski definition) is 4. The number of thiophene rings is 1. The molecule has 0 radical (unpaired) electrons. The van der Waals surface area contributed by atoms with Gasteiger partial charge in [-0.05, 0) is 26.1 Å². The third-order valence-corrected chi connectivity index (χ3v) is 3.89. The van der Waals surface area contributed by atoms with Crippen molar-refractivity contribution < 1.29 is 9.90 Å². The molecule has 1 aromatic rings. The lowest BCUT2D eigenvalue weighted by molar-refractivity contribution is 0.0697. The first kappa shape index (κ1) is 15.1. The Kier molecular flexibility index (Phi) is 6.32. The van der Waals surface area contributed by atoms with E-state index in [2.05, 4.69) is 31.0 Å². The van der Waals surface area contributed by atoms with Crippen LogP contribution in [0, 0.1) is 0 Å². The summed E-state index contributed by atoms with van der Waals surface area (Å²) in [5.74, 6) is -0.853. The highest BCUT2D eigenvalue weighted by atomic mass is 32.1. The third-order valence-electron chi connectivity index (χ3n) is 2.95. The second-order valence-corrected chi connectivity index (χ2v) is 5.37. The number of aromatic carboxylic acids is 1. The van der Waals surface area contributed by atoms with Crippen molar-refractivity contribution in [3.8, 4) is 0 Å². The van der Waals surface area contributed by atoms with Crippen LogP contribution in [-0.2, 0) is 6.54 Å². The molecule has 0 amide bonds. The molecule has 0 fully saturated rings. The van der Waals surface area contributed by atoms with Gasteiger partial charge in [-0.15, -0.1) is 11.3 Å². The van der Waals surface area contributed by atoms with Gasteiger partial charge in [0.05, 0.1) is 5.56 Å². The van der Waals surface area contributed by atoms with Crippen molar-refractivity contribution >= 4 is 17.3 Å². The normalized spacial score (nSPS) is 12.9. The van der Waals surface area contributed by atoms with Crippen LogP contribution >= 0.6 is 11.3 Å². The summed E-state index contributed by atoms with van der Waals surface area (Å²) >= 11 is 1.49. The molecule has 0 aliphatic heterocycles. The highest BCUT2D eigenvalue weighted by molar-refractivity contribution is 7.10. The maximum absolute atomic E-state index is 10.8. The summed E-state index contributed by atoms with van der Waals surface area (Å²) in [6.07, 6.45) is 0. The van der Waals surface area contributed by atoms with Crippen LogP contribution in [0.3, 0.4) is 0 Å². The number of carboxylic acids is 1. The summed E-state index contributed by atoms with van der Waals surface area (Å²) < 4.78 is 0. The van der Waals surface area contributed by atoms with Crippen molar-refractivity contribution in [2.75, 3.05) is 19.6 Å². The van der Waals surface area contributed by atoms with Gasteiger partial charge in [-0.3, -0.25) is 0 Å². The molecule has 1 atom stereocenters. The molecule has 0 saturated carbocycles. The Bertz CT molecular complexity index is 375. The summed E-state index contributed by atoms with van der Waals surface area (Å²) in [6, 6.07) is 2.14. The van der Waals surface area contributed by atoms with Gasteiger partial charge in [0.1, 0.15) is 0 Å². The fraction of sp³-hybridized carbons (Fsp3) is 0.615. The van der Waals surface area contributed by atoms with E-state index in [9.17, 15) is 4.79 Å². The number of hydrogen-bond donors (Lipinski definition) is 2. The monoisotopic (exact) mass is 270 g/mol. The van der Waals surface area contributed by atoms with Crippen molar-refractivity contribution in [1.82, 2.24) is 10.2 Å². The highest BCUT2D eigenvalue weighted by Crippen LogP contribution is 2.14. The van der Waals surface area contributed by atoms with E-state index < -0.39 is 5.97 Å². The van der Waals surface area contributed by atoms with Gasteiger partial charge in [0, 0.05) is 29.4 Å². The Hall–Kier alpha value is -0.910. The lowest BCUT2D eigenvalue weighted by Crippen LogP contribution is -2.38. The molecule has 0 aliphatic rings. The fourth-order valence-electron chi connectivity index (χ4n) is 1.79. The van der Waals surface area contributed by atoms with Crippen molar-refractivity contribution in [1.29, 1.82) is 0 Å². The largest absolute Gasteiger partial charge is 0.478 e. The lowest BCUT2D eigenvalue weighted by Gasteiger charge is -2.23. The van der Waals surface area contributed by atoms with E-state index in [1.54, 1.807) is 11.4 Å². The summed E-state index contributed by atoms with van der Waals surface area (Å²) in [5, 5.41) is 14.0. The number of nitrogens with zero attached hydrogens (tertiary/aromatic N) is 1. The van der Waals surface area contributed by atoms with Gasteiger partial charge in [0.2, 0.25) is 0 Å². The lowest BCUT2D eigenvalue weighted by atomic mass is 10.2. The molecule has 2 N–H and O–H groups in total. The van der Waals surface area contributed by atoms with E-state index in [-0.39, 0.29) is 0 Å². The molecule has 0 saturated heterocycles. The molecule has 1 unspecified atom stereocenters. The first-order chi connectivity index (χ1) is 8.56. The van der Waals surface area contributed by atoms with Gasteiger partial charge < -0.3 is 15.3 Å². The Morgan fingerprint density at radius 2 is 2.17 bits per heavy atom. The van der Waals surface area contributed by atoms with Crippen LogP contribution in [0.5, 0.6) is 0 Å². The van der Waals surface area contributed by atoms with Crippen LogP contribution in [0.25, 0.3) is 0 Å². The van der Waals surface area contributed by atoms with E-state index in [1.165, 1.54) is 11.3 Å². The van der Waals surface area contributed by atoms with Gasteiger partial charge in [-0.2, -0.15) is 0 Å². The molecule has 1 heterocycles. The van der Waals surface area contributed by atoms with Crippen molar-refractivity contribution in [2.45, 2.75) is 33.4 Å². The minimum atomic E-state index is -0.853. The zero-order chi connectivity index (χ0) is 13.5. The highest BCUT2D eigenvalue weighted by Gasteiger charge is 2.09. The van der Waals surface area contributed by atoms with Crippen LogP contribution < -0.4 is 5.32 Å². The first-order valence-corrected chi connectivity index (χ1v) is 7.21. The van der Waals surface area contributed by atoms with Crippen molar-refractivity contribution in [3.05, 3.63) is 21.9 Å². The summed E-state index contributed by atoms with van der Waals surface area (Å²) in [4.78, 5) is 14.2. The second-order valence-electron chi connectivity index (χ2n) is 4.37. The fourth-order valence-corrected chi connectivity index (χ4v) is 2.60. The molecular weight excluding hydrogens is 248 g/mol. The summed E-state index contributed by atoms with van der Waals surface area (Å²) in [5.41, 5.74) is 0.383. The molecule has 1 aromatic heterocycles. The van der Waals surface area contributed by atoms with Crippen LogP contribution in [0.1, 0.15) is 36.0 Å². The average molecular weight is 270 g/mol. The minimum absolute atomic E-state index is 0.383. The van der Waals surface area contributed by atoms with E-state index in [4.69, 9.17) is 5.11 Å². The average Bonchev–Trinajstić information content (AvgIpc) is 2.82. The molecule has 5 heteroatoms. The van der Waals surface area contributed by atoms with Gasteiger partial charge in [0.15, 0.2) is 0 Å². The van der Waals surface area contributed by atoms with Gasteiger partial charge in [0.25, 0.3) is 0 Å². The number of likely N-dealkylation sites (N-methyl/N-ethyl adjacent to an activating group) is 1. The van der Waals surface area contributed by atoms with Crippen LogP contribution in [-0.4, -0.2) is 41.7 Å². The predicted molar refractivity (Wildman–Crippen MR) is 75.4 cm³/mol. The van der Waals surface area contributed by atoms with E-state index >= 15 is 0 Å². The zero-order valence-electron chi connectivity index (χ0n) is 11.3. The number of carboxylic acid groups (broad SMARTS) is 1. The molecule has 0 bridgehead atoms. The Labute approximate surface area is 113 Å². The van der Waals surface area contributed by atoms with Crippen molar-refractivity contribution in [2.24, 2.45) is 0 Å². The van der Waals surface area contributed by atoms with Crippen LogP contribution in [0.15, 0.2) is 11.4 Å². The Morgan fingerprint density at radius 1 is 1.50 bits per heavy atom. The maximum atomic E-state index is 10.8. The summed E-state index contributed by atoms with van der Waals surface area (Å²) in [6.45, 7) is 10.4. The van der Waals surface area contributed by atoms with Gasteiger partial charge in [-0.25, -0.2) is 4.79 Å². The molecule has 102 valence electrons. The molecule has 18 heavy (non-hydrogen) atoms. The Morgan fingerprint density at radius 3 is 2.67 bits per heavy atom. The molecule has 0 spiro atoms. The molecule has 4 nitrogen and oxygen atoms in total. The Balaban J connectivity index is 2.37. The first-order valence-electron chi connectivity index (χ1n) is 6.33. The van der Waals surface area contributed by atoms with E-state index in [1.807, 2.05) is 0 Å². The molecule has 0 aliphatic carbocycles. The SMILES string of the molecule is CCN(CC)CC(C)NCc1cc(C(=O)O)cs1. The van der Waals surface area contributed by atoms with Crippen LogP contribution in [0.4, 0.5) is 0 Å². The quantitative estimate of drug-likeness (QED) is 0.761. The van der Waals surface area contributed by atoms with E-state index in [0.717, 1.165) is 31.1 Å². The second kappa shape index (κ2) is 7.51. The topological polar surface area (TPSA) is 52.6 Å². The van der Waals surface area contributed by atoms with Gasteiger partial charge in [-0.1, -0.05) is 13.8 Å². The third kappa shape index (κ3) is 4.76. The number of nitrogens with one attached hydrogen (secondary N) is 1. The zero-order valence-corrected chi connectivity index (χ0v) is 12.1. The van der Waals surface area contributed by atoms with Crippen LogP contribution in [0.2, 0.25) is 0 Å². The number of rotatable bonds is 8. The van der Waals surface area contributed by atoms with Gasteiger partial charge >= 0.3 is 5.97 Å². The predicted octanol–water partition coefficient (Wildman–Crippen LogP) is 2.27. The molecule has 1 rings (SSSR count). The van der Waals surface area contributed by atoms with Crippen molar-refractivity contribution in [3.63, 3.8) is 0 Å². The molecular formula is C13H22N2O2S. The molecule has 0 aromatic carbocycles. The summed E-state index contributed by atoms with van der Waals surface area (Å²) in [7, 11) is 0. The number of carbonyl (C=O) groups is 1. The van der Waals surface area contributed by atoms with E-state index in [0.29, 0.717) is 11.6 Å².